The van der Waals surface area contributed by atoms with E-state index < -0.39 is 11.7 Å². The lowest BCUT2D eigenvalue weighted by atomic mass is 10.0. The van der Waals surface area contributed by atoms with E-state index in [1.807, 2.05) is 0 Å². The van der Waals surface area contributed by atoms with Crippen molar-refractivity contribution in [3.8, 4) is 0 Å². The fourth-order valence-corrected chi connectivity index (χ4v) is 2.13. The van der Waals surface area contributed by atoms with Crippen molar-refractivity contribution in [1.82, 2.24) is 5.32 Å². The van der Waals surface area contributed by atoms with E-state index in [-0.39, 0.29) is 6.04 Å². The molecule has 0 saturated carbocycles. The lowest BCUT2D eigenvalue weighted by Gasteiger charge is -2.21. The molecule has 0 fully saturated rings. The largest absolute Gasteiger partial charge is 0.416 e. The van der Waals surface area contributed by atoms with E-state index in [1.165, 1.54) is 12.1 Å². The SMILES string of the molecule is CCC(CC)CNC(CN)c1ccc(C(F)(F)F)cc1. The van der Waals surface area contributed by atoms with Crippen molar-refractivity contribution in [3.05, 3.63) is 35.4 Å². The predicted molar refractivity (Wildman–Crippen MR) is 75.3 cm³/mol. The van der Waals surface area contributed by atoms with Crippen LogP contribution >= 0.6 is 0 Å². The minimum Gasteiger partial charge on any atom is -0.329 e. The van der Waals surface area contributed by atoms with Gasteiger partial charge >= 0.3 is 6.18 Å². The van der Waals surface area contributed by atoms with Gasteiger partial charge in [0.05, 0.1) is 5.56 Å². The summed E-state index contributed by atoms with van der Waals surface area (Å²) in [5.41, 5.74) is 5.88. The third-order valence-electron chi connectivity index (χ3n) is 3.68. The van der Waals surface area contributed by atoms with Crippen LogP contribution in [-0.4, -0.2) is 13.1 Å². The molecule has 0 spiro atoms. The van der Waals surface area contributed by atoms with Crippen LogP contribution in [0, 0.1) is 5.92 Å². The molecule has 2 nitrogen and oxygen atoms in total. The Balaban J connectivity index is 2.70. The minimum atomic E-state index is -4.29. The average Bonchev–Trinajstić information content (AvgIpc) is 2.43. The van der Waals surface area contributed by atoms with Gasteiger partial charge in [0, 0.05) is 12.6 Å². The van der Waals surface area contributed by atoms with Crippen LogP contribution in [0.5, 0.6) is 0 Å². The highest BCUT2D eigenvalue weighted by atomic mass is 19.4. The van der Waals surface area contributed by atoms with E-state index >= 15 is 0 Å². The Morgan fingerprint density at radius 1 is 1.10 bits per heavy atom. The first kappa shape index (κ1) is 17.0. The van der Waals surface area contributed by atoms with E-state index in [0.29, 0.717) is 12.5 Å². The maximum absolute atomic E-state index is 12.5. The fourth-order valence-electron chi connectivity index (χ4n) is 2.13. The van der Waals surface area contributed by atoms with Crippen molar-refractivity contribution in [3.63, 3.8) is 0 Å². The van der Waals surface area contributed by atoms with Crippen LogP contribution in [0.15, 0.2) is 24.3 Å². The molecule has 1 rings (SSSR count). The maximum atomic E-state index is 12.5. The molecule has 3 N–H and O–H groups in total. The first-order chi connectivity index (χ1) is 9.42. The molecule has 0 aromatic heterocycles. The lowest BCUT2D eigenvalue weighted by molar-refractivity contribution is -0.137. The van der Waals surface area contributed by atoms with E-state index in [0.717, 1.165) is 37.1 Å². The van der Waals surface area contributed by atoms with Crippen molar-refractivity contribution in [1.29, 1.82) is 0 Å². The van der Waals surface area contributed by atoms with Crippen LogP contribution in [-0.2, 0) is 6.18 Å². The van der Waals surface area contributed by atoms with Gasteiger partial charge in [-0.05, 0) is 30.2 Å². The van der Waals surface area contributed by atoms with Crippen LogP contribution in [0.25, 0.3) is 0 Å². The number of nitrogens with two attached hydrogens (primary N) is 1. The molecule has 0 aliphatic carbocycles. The number of hydrogen-bond donors (Lipinski definition) is 2. The Bertz CT molecular complexity index is 383. The second kappa shape index (κ2) is 7.64. The second-order valence-electron chi connectivity index (χ2n) is 5.00. The molecule has 0 radical (unpaired) electrons. The summed E-state index contributed by atoms with van der Waals surface area (Å²) < 4.78 is 37.5. The topological polar surface area (TPSA) is 38.0 Å². The van der Waals surface area contributed by atoms with Crippen LogP contribution in [0.1, 0.15) is 43.9 Å². The van der Waals surface area contributed by atoms with Gasteiger partial charge in [-0.3, -0.25) is 0 Å². The molecule has 20 heavy (non-hydrogen) atoms. The Kier molecular flexibility index (Phi) is 6.49. The van der Waals surface area contributed by atoms with Crippen LogP contribution in [0.4, 0.5) is 13.2 Å². The normalized spacial score (nSPS) is 13.8. The van der Waals surface area contributed by atoms with Gasteiger partial charge in [0.15, 0.2) is 0 Å². The van der Waals surface area contributed by atoms with Gasteiger partial charge in [0.25, 0.3) is 0 Å². The van der Waals surface area contributed by atoms with E-state index in [2.05, 4.69) is 19.2 Å². The zero-order chi connectivity index (χ0) is 15.2. The van der Waals surface area contributed by atoms with Gasteiger partial charge in [0.2, 0.25) is 0 Å². The monoisotopic (exact) mass is 288 g/mol. The number of rotatable bonds is 7. The highest BCUT2D eigenvalue weighted by Crippen LogP contribution is 2.29. The summed E-state index contributed by atoms with van der Waals surface area (Å²) in [5, 5.41) is 3.34. The van der Waals surface area contributed by atoms with Gasteiger partial charge in [-0.25, -0.2) is 0 Å². The molecule has 0 heterocycles. The van der Waals surface area contributed by atoms with Crippen molar-refractivity contribution in [2.45, 2.75) is 38.9 Å². The van der Waals surface area contributed by atoms with Crippen molar-refractivity contribution < 1.29 is 13.2 Å². The fraction of sp³-hybridized carbons (Fsp3) is 0.600. The molecule has 0 amide bonds. The molecule has 0 saturated heterocycles. The summed E-state index contributed by atoms with van der Waals surface area (Å²) in [6.07, 6.45) is -2.14. The van der Waals surface area contributed by atoms with Crippen molar-refractivity contribution >= 4 is 0 Å². The first-order valence-corrected chi connectivity index (χ1v) is 7.02. The zero-order valence-corrected chi connectivity index (χ0v) is 12.0. The summed E-state index contributed by atoms with van der Waals surface area (Å²) in [4.78, 5) is 0. The maximum Gasteiger partial charge on any atom is 0.416 e. The molecule has 1 unspecified atom stereocenters. The predicted octanol–water partition coefficient (Wildman–Crippen LogP) is 3.73. The van der Waals surface area contributed by atoms with Crippen molar-refractivity contribution in [2.75, 3.05) is 13.1 Å². The van der Waals surface area contributed by atoms with Gasteiger partial charge in [-0.1, -0.05) is 38.8 Å². The minimum absolute atomic E-state index is 0.0992. The van der Waals surface area contributed by atoms with Crippen LogP contribution < -0.4 is 11.1 Å². The lowest BCUT2D eigenvalue weighted by Crippen LogP contribution is -2.32. The summed E-state index contributed by atoms with van der Waals surface area (Å²) in [6, 6.07) is 5.12. The summed E-state index contributed by atoms with van der Waals surface area (Å²) in [5.74, 6) is 0.568. The van der Waals surface area contributed by atoms with Gasteiger partial charge < -0.3 is 11.1 Å². The number of halogens is 3. The number of alkyl halides is 3. The molecule has 0 aliphatic heterocycles. The molecule has 1 aromatic carbocycles. The smallest absolute Gasteiger partial charge is 0.329 e. The Morgan fingerprint density at radius 3 is 2.05 bits per heavy atom. The molecule has 5 heteroatoms. The summed E-state index contributed by atoms with van der Waals surface area (Å²) in [7, 11) is 0. The molecule has 114 valence electrons. The highest BCUT2D eigenvalue weighted by molar-refractivity contribution is 5.27. The van der Waals surface area contributed by atoms with Crippen LogP contribution in [0.3, 0.4) is 0 Å². The quantitative estimate of drug-likeness (QED) is 0.802. The number of hydrogen-bond acceptors (Lipinski definition) is 2. The van der Waals surface area contributed by atoms with E-state index in [9.17, 15) is 13.2 Å². The number of nitrogens with one attached hydrogen (secondary N) is 1. The van der Waals surface area contributed by atoms with Crippen LogP contribution in [0.2, 0.25) is 0 Å². The van der Waals surface area contributed by atoms with Gasteiger partial charge in [-0.2, -0.15) is 13.2 Å². The third kappa shape index (κ3) is 4.80. The first-order valence-electron chi connectivity index (χ1n) is 7.02. The standard InChI is InChI=1S/C15H23F3N2/c1-3-11(4-2)10-20-14(9-19)12-5-7-13(8-6-12)15(16,17)18/h5-8,11,14,20H,3-4,9-10,19H2,1-2H3. The number of benzene rings is 1. The van der Waals surface area contributed by atoms with E-state index in [1.54, 1.807) is 0 Å². The Morgan fingerprint density at radius 2 is 1.65 bits per heavy atom. The Hall–Kier alpha value is -1.07. The molecular weight excluding hydrogens is 265 g/mol. The summed E-state index contributed by atoms with van der Waals surface area (Å²) in [6.45, 7) is 5.46. The molecule has 1 atom stereocenters. The average molecular weight is 288 g/mol. The van der Waals surface area contributed by atoms with Crippen molar-refractivity contribution in [2.24, 2.45) is 11.7 Å². The zero-order valence-electron chi connectivity index (χ0n) is 12.0. The van der Waals surface area contributed by atoms with E-state index in [4.69, 9.17) is 5.73 Å². The molecular formula is C15H23F3N2. The molecule has 1 aromatic rings. The second-order valence-corrected chi connectivity index (χ2v) is 5.00. The van der Waals surface area contributed by atoms with Gasteiger partial charge in [-0.15, -0.1) is 0 Å². The van der Waals surface area contributed by atoms with Gasteiger partial charge in [0.1, 0.15) is 0 Å². The highest BCUT2D eigenvalue weighted by Gasteiger charge is 2.30. The third-order valence-corrected chi connectivity index (χ3v) is 3.68. The molecule has 0 aliphatic rings. The molecule has 0 bridgehead atoms. The summed E-state index contributed by atoms with van der Waals surface area (Å²) >= 11 is 0. The Labute approximate surface area is 118 Å².